The SMILES string of the molecule is CC(NC(=O)c1ccccc1)C(Cc1ccc(Cl)cc1)c1cccnc1. The van der Waals surface area contributed by atoms with E-state index in [9.17, 15) is 4.79 Å². The minimum Gasteiger partial charge on any atom is -0.349 e. The summed E-state index contributed by atoms with van der Waals surface area (Å²) < 4.78 is 0. The van der Waals surface area contributed by atoms with Crippen LogP contribution in [0.25, 0.3) is 0 Å². The normalized spacial score (nSPS) is 13.0. The number of nitrogens with zero attached hydrogens (tertiary/aromatic N) is 1. The van der Waals surface area contributed by atoms with Crippen LogP contribution in [0.5, 0.6) is 0 Å². The molecule has 1 heterocycles. The minimum atomic E-state index is -0.0666. The Morgan fingerprint density at radius 3 is 2.42 bits per heavy atom. The molecule has 0 bridgehead atoms. The summed E-state index contributed by atoms with van der Waals surface area (Å²) in [6, 6.07) is 21.0. The molecule has 0 radical (unpaired) electrons. The minimum absolute atomic E-state index is 0.0532. The van der Waals surface area contributed by atoms with Gasteiger partial charge in [-0.15, -0.1) is 0 Å². The molecule has 0 aliphatic rings. The standard InChI is InChI=1S/C22H21ClN2O/c1-16(25-22(26)18-6-3-2-4-7-18)21(19-8-5-13-24-15-19)14-17-9-11-20(23)12-10-17/h2-13,15-16,21H,14H2,1H3,(H,25,26). The Hall–Kier alpha value is -2.65. The van der Waals surface area contributed by atoms with Crippen molar-refractivity contribution in [1.29, 1.82) is 0 Å². The van der Waals surface area contributed by atoms with Crippen LogP contribution in [-0.4, -0.2) is 16.9 Å². The van der Waals surface area contributed by atoms with Gasteiger partial charge in [0.25, 0.3) is 5.91 Å². The van der Waals surface area contributed by atoms with E-state index in [2.05, 4.69) is 16.4 Å². The number of benzene rings is 2. The van der Waals surface area contributed by atoms with Crippen molar-refractivity contribution in [3.8, 4) is 0 Å². The third-order valence-electron chi connectivity index (χ3n) is 4.48. The number of nitrogens with one attached hydrogen (secondary N) is 1. The highest BCUT2D eigenvalue weighted by Gasteiger charge is 2.22. The largest absolute Gasteiger partial charge is 0.349 e. The maximum absolute atomic E-state index is 12.5. The van der Waals surface area contributed by atoms with E-state index in [0.717, 1.165) is 17.0 Å². The van der Waals surface area contributed by atoms with Gasteiger partial charge < -0.3 is 5.32 Å². The first-order valence-corrected chi connectivity index (χ1v) is 9.01. The van der Waals surface area contributed by atoms with Crippen LogP contribution in [0.1, 0.15) is 34.3 Å². The van der Waals surface area contributed by atoms with Crippen molar-refractivity contribution in [2.24, 2.45) is 0 Å². The molecule has 1 aromatic heterocycles. The van der Waals surface area contributed by atoms with Gasteiger partial charge >= 0.3 is 0 Å². The molecular formula is C22H21ClN2O. The van der Waals surface area contributed by atoms with E-state index in [4.69, 9.17) is 11.6 Å². The Balaban J connectivity index is 1.80. The van der Waals surface area contributed by atoms with E-state index in [1.165, 1.54) is 5.56 Å². The molecule has 4 heteroatoms. The third kappa shape index (κ3) is 4.70. The molecule has 2 aromatic carbocycles. The predicted molar refractivity (Wildman–Crippen MR) is 106 cm³/mol. The first-order valence-electron chi connectivity index (χ1n) is 8.64. The first-order chi connectivity index (χ1) is 12.6. The molecule has 3 rings (SSSR count). The third-order valence-corrected chi connectivity index (χ3v) is 4.73. The second-order valence-electron chi connectivity index (χ2n) is 6.35. The van der Waals surface area contributed by atoms with Gasteiger partial charge in [0, 0.05) is 34.9 Å². The molecule has 1 N–H and O–H groups in total. The Kier molecular flexibility index (Phi) is 6.03. The molecule has 0 spiro atoms. The molecule has 0 aliphatic heterocycles. The summed E-state index contributed by atoms with van der Waals surface area (Å²) in [6.07, 6.45) is 4.42. The van der Waals surface area contributed by atoms with E-state index < -0.39 is 0 Å². The smallest absolute Gasteiger partial charge is 0.251 e. The van der Waals surface area contributed by atoms with Gasteiger partial charge in [-0.05, 0) is 54.8 Å². The molecule has 3 nitrogen and oxygen atoms in total. The zero-order valence-corrected chi connectivity index (χ0v) is 15.4. The first kappa shape index (κ1) is 18.2. The Morgan fingerprint density at radius 1 is 1.04 bits per heavy atom. The fourth-order valence-electron chi connectivity index (χ4n) is 3.03. The van der Waals surface area contributed by atoms with Crippen molar-refractivity contribution in [2.45, 2.75) is 25.3 Å². The maximum atomic E-state index is 12.5. The van der Waals surface area contributed by atoms with E-state index in [-0.39, 0.29) is 17.9 Å². The summed E-state index contributed by atoms with van der Waals surface area (Å²) in [5.74, 6) is 0.0423. The molecular weight excluding hydrogens is 344 g/mol. The average molecular weight is 365 g/mol. The highest BCUT2D eigenvalue weighted by Crippen LogP contribution is 2.25. The monoisotopic (exact) mass is 364 g/mol. The summed E-state index contributed by atoms with van der Waals surface area (Å²) in [5, 5.41) is 3.85. The van der Waals surface area contributed by atoms with Crippen LogP contribution in [-0.2, 0) is 6.42 Å². The van der Waals surface area contributed by atoms with E-state index >= 15 is 0 Å². The molecule has 3 aromatic rings. The fraction of sp³-hybridized carbons (Fsp3) is 0.182. The highest BCUT2D eigenvalue weighted by molar-refractivity contribution is 6.30. The van der Waals surface area contributed by atoms with Crippen molar-refractivity contribution in [3.63, 3.8) is 0 Å². The quantitative estimate of drug-likeness (QED) is 0.677. The lowest BCUT2D eigenvalue weighted by atomic mass is 9.87. The van der Waals surface area contributed by atoms with Gasteiger partial charge in [-0.2, -0.15) is 0 Å². The zero-order chi connectivity index (χ0) is 18.4. The van der Waals surface area contributed by atoms with Gasteiger partial charge in [0.2, 0.25) is 0 Å². The number of pyridine rings is 1. The molecule has 0 saturated carbocycles. The molecule has 132 valence electrons. The lowest BCUT2D eigenvalue weighted by Gasteiger charge is -2.25. The number of carbonyl (C=O) groups is 1. The van der Waals surface area contributed by atoms with Crippen molar-refractivity contribution >= 4 is 17.5 Å². The number of hydrogen-bond donors (Lipinski definition) is 1. The number of amides is 1. The molecule has 1 amide bonds. The van der Waals surface area contributed by atoms with Crippen molar-refractivity contribution in [3.05, 3.63) is 101 Å². The predicted octanol–water partition coefficient (Wildman–Crippen LogP) is 4.88. The lowest BCUT2D eigenvalue weighted by Crippen LogP contribution is -2.38. The summed E-state index contributed by atoms with van der Waals surface area (Å²) in [4.78, 5) is 16.8. The summed E-state index contributed by atoms with van der Waals surface area (Å²) in [7, 11) is 0. The Morgan fingerprint density at radius 2 is 1.77 bits per heavy atom. The highest BCUT2D eigenvalue weighted by atomic mass is 35.5. The average Bonchev–Trinajstić information content (AvgIpc) is 2.68. The van der Waals surface area contributed by atoms with Crippen LogP contribution in [0.3, 0.4) is 0 Å². The zero-order valence-electron chi connectivity index (χ0n) is 14.6. The van der Waals surface area contributed by atoms with Gasteiger partial charge in [0.1, 0.15) is 0 Å². The van der Waals surface area contributed by atoms with Crippen molar-refractivity contribution in [2.75, 3.05) is 0 Å². The molecule has 0 aliphatic carbocycles. The van der Waals surface area contributed by atoms with Crippen molar-refractivity contribution < 1.29 is 4.79 Å². The van der Waals surface area contributed by atoms with Gasteiger partial charge in [-0.3, -0.25) is 9.78 Å². The summed E-state index contributed by atoms with van der Waals surface area (Å²) >= 11 is 6.00. The van der Waals surface area contributed by atoms with Crippen molar-refractivity contribution in [1.82, 2.24) is 10.3 Å². The second kappa shape index (κ2) is 8.63. The van der Waals surface area contributed by atoms with E-state index in [1.54, 1.807) is 6.20 Å². The van der Waals surface area contributed by atoms with E-state index in [0.29, 0.717) is 5.56 Å². The van der Waals surface area contributed by atoms with E-state index in [1.807, 2.05) is 73.8 Å². The summed E-state index contributed by atoms with van der Waals surface area (Å²) in [6.45, 7) is 2.04. The lowest BCUT2D eigenvalue weighted by molar-refractivity contribution is 0.0934. The number of aromatic nitrogens is 1. The number of carbonyl (C=O) groups excluding carboxylic acids is 1. The van der Waals surface area contributed by atoms with Crippen LogP contribution in [0.15, 0.2) is 79.1 Å². The fourth-order valence-corrected chi connectivity index (χ4v) is 3.16. The van der Waals surface area contributed by atoms with Gasteiger partial charge in [-0.25, -0.2) is 0 Å². The van der Waals surface area contributed by atoms with Gasteiger partial charge in [0.15, 0.2) is 0 Å². The van der Waals surface area contributed by atoms with Gasteiger partial charge in [0.05, 0.1) is 0 Å². The molecule has 0 saturated heterocycles. The van der Waals surface area contributed by atoms with Gasteiger partial charge in [-0.1, -0.05) is 48.0 Å². The second-order valence-corrected chi connectivity index (χ2v) is 6.79. The molecule has 2 unspecified atom stereocenters. The number of halogens is 1. The van der Waals surface area contributed by atoms with Crippen LogP contribution in [0.4, 0.5) is 0 Å². The molecule has 0 fully saturated rings. The Bertz CT molecular complexity index is 835. The number of rotatable bonds is 6. The molecule has 2 atom stereocenters. The van der Waals surface area contributed by atoms with Crippen LogP contribution >= 0.6 is 11.6 Å². The summed E-state index contributed by atoms with van der Waals surface area (Å²) in [5.41, 5.74) is 2.93. The molecule has 26 heavy (non-hydrogen) atoms. The number of hydrogen-bond acceptors (Lipinski definition) is 2. The van der Waals surface area contributed by atoms with Crippen LogP contribution in [0.2, 0.25) is 5.02 Å². The van der Waals surface area contributed by atoms with Crippen LogP contribution in [0, 0.1) is 0 Å². The Labute approximate surface area is 159 Å². The van der Waals surface area contributed by atoms with Crippen LogP contribution < -0.4 is 5.32 Å². The topological polar surface area (TPSA) is 42.0 Å². The maximum Gasteiger partial charge on any atom is 0.251 e.